The van der Waals surface area contributed by atoms with Gasteiger partial charge in [-0.3, -0.25) is 0 Å². The molecule has 0 aliphatic carbocycles. The monoisotopic (exact) mass is 542 g/mol. The van der Waals surface area contributed by atoms with Crippen LogP contribution in [0.1, 0.15) is 22.3 Å². The molecule has 7 rings (SSSR count). The van der Waals surface area contributed by atoms with Crippen molar-refractivity contribution in [3.63, 3.8) is 0 Å². The van der Waals surface area contributed by atoms with E-state index in [2.05, 4.69) is 99.5 Å². The molecule has 2 aliphatic rings. The maximum atomic E-state index is 12.4. The highest BCUT2D eigenvalue weighted by Gasteiger charge is 2.41. The third-order valence-corrected chi connectivity index (χ3v) is 8.10. The van der Waals surface area contributed by atoms with Gasteiger partial charge in [-0.05, 0) is 34.4 Å². The molecule has 1 aromatic heterocycles. The first-order chi connectivity index (χ1) is 20.2. The minimum absolute atomic E-state index is 0.396. The van der Waals surface area contributed by atoms with Gasteiger partial charge in [0.2, 0.25) is 0 Å². The Morgan fingerprint density at radius 1 is 0.829 bits per heavy atom. The third kappa shape index (κ3) is 4.12. The molecule has 0 saturated carbocycles. The molecule has 1 saturated heterocycles. The largest absolute Gasteiger partial charge is 0.465 e. The summed E-state index contributed by atoms with van der Waals surface area (Å²) in [5.74, 6) is 0.493. The molecule has 204 valence electrons. The lowest BCUT2D eigenvalue weighted by molar-refractivity contribution is -0.132. The van der Waals surface area contributed by atoms with Crippen molar-refractivity contribution in [2.24, 2.45) is 4.99 Å². The molecule has 5 aromatic rings. The van der Waals surface area contributed by atoms with Gasteiger partial charge in [0.1, 0.15) is 11.3 Å². The SMILES string of the molecule is COC(=O)C1=Nc2cc3c(N4CCOCC4)nn(C(c4ccccc4)(c4ccccc4)c4ccccc4)c3cc2C1. The van der Waals surface area contributed by atoms with Gasteiger partial charge >= 0.3 is 5.97 Å². The van der Waals surface area contributed by atoms with Crippen molar-refractivity contribution in [2.45, 2.75) is 12.0 Å². The highest BCUT2D eigenvalue weighted by molar-refractivity contribution is 6.38. The van der Waals surface area contributed by atoms with Crippen LogP contribution in [0.4, 0.5) is 11.5 Å². The molecule has 0 unspecified atom stereocenters. The average molecular weight is 543 g/mol. The summed E-state index contributed by atoms with van der Waals surface area (Å²) in [4.78, 5) is 19.4. The Labute approximate surface area is 238 Å². The quantitative estimate of drug-likeness (QED) is 0.209. The molecule has 3 heterocycles. The summed E-state index contributed by atoms with van der Waals surface area (Å²) in [5, 5.41) is 6.47. The van der Waals surface area contributed by atoms with Crippen molar-refractivity contribution in [1.82, 2.24) is 9.78 Å². The lowest BCUT2D eigenvalue weighted by Gasteiger charge is -2.37. The van der Waals surface area contributed by atoms with E-state index in [9.17, 15) is 4.79 Å². The number of methoxy groups -OCH3 is 1. The first-order valence-corrected chi connectivity index (χ1v) is 13.9. The molecule has 2 aliphatic heterocycles. The first kappa shape index (κ1) is 25.2. The van der Waals surface area contributed by atoms with Gasteiger partial charge in [0, 0.05) is 24.9 Å². The molecule has 7 nitrogen and oxygen atoms in total. The molecule has 0 bridgehead atoms. The van der Waals surface area contributed by atoms with E-state index in [0.29, 0.717) is 25.3 Å². The van der Waals surface area contributed by atoms with Crippen LogP contribution >= 0.6 is 0 Å². The summed E-state index contributed by atoms with van der Waals surface area (Å²) in [6, 6.07) is 35.9. The van der Waals surface area contributed by atoms with E-state index in [0.717, 1.165) is 57.8 Å². The van der Waals surface area contributed by atoms with Crippen LogP contribution in [0, 0.1) is 0 Å². The Kier molecular flexibility index (Phi) is 6.36. The minimum Gasteiger partial charge on any atom is -0.465 e. The van der Waals surface area contributed by atoms with Gasteiger partial charge in [0.15, 0.2) is 5.82 Å². The van der Waals surface area contributed by atoms with Crippen LogP contribution in [-0.4, -0.2) is 54.9 Å². The Morgan fingerprint density at radius 2 is 1.39 bits per heavy atom. The van der Waals surface area contributed by atoms with Crippen LogP contribution in [0.15, 0.2) is 108 Å². The average Bonchev–Trinajstić information content (AvgIpc) is 3.63. The van der Waals surface area contributed by atoms with E-state index in [-0.39, 0.29) is 0 Å². The number of rotatable bonds is 6. The number of aliphatic imine (C=N–C) groups is 1. The first-order valence-electron chi connectivity index (χ1n) is 13.9. The topological polar surface area (TPSA) is 68.9 Å². The van der Waals surface area contributed by atoms with Crippen LogP contribution < -0.4 is 4.90 Å². The van der Waals surface area contributed by atoms with Gasteiger partial charge in [-0.25, -0.2) is 14.5 Å². The van der Waals surface area contributed by atoms with Gasteiger partial charge in [-0.15, -0.1) is 0 Å². The predicted molar refractivity (Wildman–Crippen MR) is 160 cm³/mol. The molecule has 4 aromatic carbocycles. The fraction of sp³-hybridized carbons (Fsp3) is 0.206. The summed E-state index contributed by atoms with van der Waals surface area (Å²) in [6.07, 6.45) is 0.422. The summed E-state index contributed by atoms with van der Waals surface area (Å²) in [6.45, 7) is 2.78. The van der Waals surface area contributed by atoms with E-state index < -0.39 is 11.5 Å². The zero-order valence-electron chi connectivity index (χ0n) is 22.9. The number of benzene rings is 4. The van der Waals surface area contributed by atoms with E-state index in [4.69, 9.17) is 14.6 Å². The van der Waals surface area contributed by atoms with E-state index in [1.807, 2.05) is 18.2 Å². The molecule has 41 heavy (non-hydrogen) atoms. The standard InChI is InChI=1S/C34H30N4O3/c1-40-33(39)30-21-24-22-31-28(23-29(24)35-30)32(37-17-19-41-20-18-37)36-38(31)34(25-11-5-2-6-12-25,26-13-7-3-8-14-26)27-15-9-4-10-16-27/h2-16,22-23H,17-21H2,1H3. The molecule has 7 heteroatoms. The maximum absolute atomic E-state index is 12.4. The molecule has 0 spiro atoms. The summed E-state index contributed by atoms with van der Waals surface area (Å²) >= 11 is 0. The Balaban J connectivity index is 1.57. The number of aromatic nitrogens is 2. The molecule has 0 atom stereocenters. The Hall–Kier alpha value is -4.75. The number of esters is 1. The van der Waals surface area contributed by atoms with Crippen molar-refractivity contribution in [3.8, 4) is 0 Å². The highest BCUT2D eigenvalue weighted by atomic mass is 16.5. The molecular weight excluding hydrogens is 512 g/mol. The Morgan fingerprint density at radius 3 is 1.93 bits per heavy atom. The number of fused-ring (bicyclic) bond motifs is 2. The van der Waals surface area contributed by atoms with Crippen molar-refractivity contribution in [2.75, 3.05) is 38.3 Å². The number of carbonyl (C=O) groups is 1. The normalized spacial score (nSPS) is 15.0. The third-order valence-electron chi connectivity index (χ3n) is 8.10. The zero-order valence-corrected chi connectivity index (χ0v) is 22.9. The summed E-state index contributed by atoms with van der Waals surface area (Å²) < 4.78 is 12.9. The fourth-order valence-electron chi connectivity index (χ4n) is 6.19. The van der Waals surface area contributed by atoms with E-state index in [1.54, 1.807) is 0 Å². The number of hydrogen-bond donors (Lipinski definition) is 0. The zero-order chi connectivity index (χ0) is 27.8. The second kappa shape index (κ2) is 10.3. The smallest absolute Gasteiger partial charge is 0.352 e. The highest BCUT2D eigenvalue weighted by Crippen LogP contribution is 2.45. The lowest BCUT2D eigenvalue weighted by atomic mass is 9.77. The van der Waals surface area contributed by atoms with E-state index in [1.165, 1.54) is 7.11 Å². The number of nitrogens with zero attached hydrogens (tertiary/aromatic N) is 4. The van der Waals surface area contributed by atoms with Crippen LogP contribution in [0.25, 0.3) is 10.9 Å². The second-order valence-corrected chi connectivity index (χ2v) is 10.4. The second-order valence-electron chi connectivity index (χ2n) is 10.4. The van der Waals surface area contributed by atoms with Gasteiger partial charge in [0.05, 0.1) is 31.5 Å². The Bertz CT molecular complexity index is 1640. The maximum Gasteiger partial charge on any atom is 0.352 e. The van der Waals surface area contributed by atoms with Crippen molar-refractivity contribution in [3.05, 3.63) is 125 Å². The van der Waals surface area contributed by atoms with Gasteiger partial charge in [0.25, 0.3) is 0 Å². The molecule has 0 N–H and O–H groups in total. The molecule has 0 amide bonds. The van der Waals surface area contributed by atoms with Gasteiger partial charge < -0.3 is 14.4 Å². The lowest BCUT2D eigenvalue weighted by Crippen LogP contribution is -2.40. The number of ether oxygens (including phenoxy) is 2. The molecular formula is C34H30N4O3. The number of hydrogen-bond acceptors (Lipinski definition) is 6. The summed E-state index contributed by atoms with van der Waals surface area (Å²) in [5.41, 5.74) is 5.69. The number of morpholine rings is 1. The van der Waals surface area contributed by atoms with Crippen molar-refractivity contribution < 1.29 is 14.3 Å². The van der Waals surface area contributed by atoms with Gasteiger partial charge in [-0.1, -0.05) is 91.0 Å². The van der Waals surface area contributed by atoms with Crippen LogP contribution in [-0.2, 0) is 26.2 Å². The fourth-order valence-corrected chi connectivity index (χ4v) is 6.19. The predicted octanol–water partition coefficient (Wildman–Crippen LogP) is 5.51. The number of carbonyl (C=O) groups excluding carboxylic acids is 1. The van der Waals surface area contributed by atoms with E-state index >= 15 is 0 Å². The molecule has 0 radical (unpaired) electrons. The van der Waals surface area contributed by atoms with Crippen molar-refractivity contribution in [1.29, 1.82) is 0 Å². The minimum atomic E-state index is -0.772. The molecule has 1 fully saturated rings. The van der Waals surface area contributed by atoms with Crippen molar-refractivity contribution >= 4 is 34.1 Å². The number of anilines is 1. The van der Waals surface area contributed by atoms with Gasteiger partial charge in [-0.2, -0.15) is 5.10 Å². The van der Waals surface area contributed by atoms with Crippen LogP contribution in [0.5, 0.6) is 0 Å². The van der Waals surface area contributed by atoms with Crippen LogP contribution in [0.2, 0.25) is 0 Å². The summed E-state index contributed by atoms with van der Waals surface area (Å²) in [7, 11) is 1.40. The van der Waals surface area contributed by atoms with Crippen LogP contribution in [0.3, 0.4) is 0 Å².